The summed E-state index contributed by atoms with van der Waals surface area (Å²) in [5.41, 5.74) is 2.77. The third-order valence-electron chi connectivity index (χ3n) is 3.61. The minimum Gasteiger partial charge on any atom is -0.340 e. The summed E-state index contributed by atoms with van der Waals surface area (Å²) in [6.07, 6.45) is 6.66. The van der Waals surface area contributed by atoms with Crippen LogP contribution in [-0.2, 0) is 13.5 Å². The van der Waals surface area contributed by atoms with Crippen LogP contribution in [0.2, 0.25) is 0 Å². The molecule has 1 N–H and O–H groups in total. The second-order valence-electron chi connectivity index (χ2n) is 5.15. The Hall–Kier alpha value is -2.68. The molecule has 1 aliphatic carbocycles. The van der Waals surface area contributed by atoms with Crippen LogP contribution in [0.4, 0.5) is 11.6 Å². The smallest absolute Gasteiger partial charge is 0.227 e. The Morgan fingerprint density at radius 3 is 2.95 bits per heavy atom. The van der Waals surface area contributed by atoms with Gasteiger partial charge in [-0.3, -0.25) is 4.79 Å². The highest BCUT2D eigenvalue weighted by molar-refractivity contribution is 5.97. The topological polar surface area (TPSA) is 83.6 Å². The van der Waals surface area contributed by atoms with Crippen LogP contribution in [-0.4, -0.2) is 20.3 Å². The van der Waals surface area contributed by atoms with Crippen molar-refractivity contribution in [2.45, 2.75) is 25.7 Å². The number of hydrogen-bond acceptors (Lipinski definition) is 5. The van der Waals surface area contributed by atoms with Gasteiger partial charge in [-0.1, -0.05) is 0 Å². The summed E-state index contributed by atoms with van der Waals surface area (Å²) < 4.78 is 1.73. The first-order chi connectivity index (χ1) is 10.2. The Bertz CT molecular complexity index is 741. The van der Waals surface area contributed by atoms with Gasteiger partial charge < -0.3 is 9.88 Å². The van der Waals surface area contributed by atoms with Crippen LogP contribution in [0.15, 0.2) is 18.5 Å². The van der Waals surface area contributed by atoms with Gasteiger partial charge in [0.05, 0.1) is 16.9 Å². The highest BCUT2D eigenvalue weighted by atomic mass is 16.1. The molecule has 106 valence electrons. The van der Waals surface area contributed by atoms with Crippen LogP contribution in [0.5, 0.6) is 0 Å². The van der Waals surface area contributed by atoms with Crippen LogP contribution in [0, 0.1) is 11.3 Å². The van der Waals surface area contributed by atoms with E-state index >= 15 is 0 Å². The first-order valence-electron chi connectivity index (χ1n) is 6.90. The summed E-state index contributed by atoms with van der Waals surface area (Å²) in [6, 6.07) is 3.84. The number of Topliss-reactive ketones (excluding diaryl/α,β-unsaturated/α-hetero) is 1. The Balaban J connectivity index is 1.88. The van der Waals surface area contributed by atoms with E-state index in [1.54, 1.807) is 30.1 Å². The van der Waals surface area contributed by atoms with E-state index in [4.69, 9.17) is 5.26 Å². The van der Waals surface area contributed by atoms with Crippen LogP contribution < -0.4 is 5.32 Å². The number of fused-ring (bicyclic) bond motifs is 1. The number of aromatic nitrogens is 3. The van der Waals surface area contributed by atoms with Gasteiger partial charge in [0.25, 0.3) is 0 Å². The number of rotatable bonds is 2. The number of anilines is 2. The lowest BCUT2D eigenvalue weighted by Gasteiger charge is -2.07. The van der Waals surface area contributed by atoms with Gasteiger partial charge in [0, 0.05) is 25.9 Å². The summed E-state index contributed by atoms with van der Waals surface area (Å²) in [5, 5.41) is 12.0. The molecule has 6 nitrogen and oxygen atoms in total. The van der Waals surface area contributed by atoms with Gasteiger partial charge in [-0.15, -0.1) is 0 Å². The molecule has 0 aromatic carbocycles. The van der Waals surface area contributed by atoms with Gasteiger partial charge in [-0.25, -0.2) is 9.97 Å². The number of ketones is 1. The lowest BCUT2D eigenvalue weighted by Crippen LogP contribution is -2.06. The number of carbonyl (C=O) groups is 1. The molecule has 2 aromatic heterocycles. The summed E-state index contributed by atoms with van der Waals surface area (Å²) in [5.74, 6) is 0.582. The third-order valence-corrected chi connectivity index (χ3v) is 3.61. The molecular formula is C15H15N5O. The predicted molar refractivity (Wildman–Crippen MR) is 77.3 cm³/mol. The summed E-state index contributed by atoms with van der Waals surface area (Å²) in [6.45, 7) is 0. The molecule has 0 saturated heterocycles. The molecule has 6 heteroatoms. The lowest BCUT2D eigenvalue weighted by molar-refractivity contribution is 0.0981. The van der Waals surface area contributed by atoms with Crippen molar-refractivity contribution in [3.8, 4) is 6.07 Å². The van der Waals surface area contributed by atoms with Gasteiger partial charge in [-0.2, -0.15) is 5.26 Å². The molecule has 0 atom stereocenters. The van der Waals surface area contributed by atoms with Crippen LogP contribution in [0.25, 0.3) is 0 Å². The van der Waals surface area contributed by atoms with Crippen LogP contribution >= 0.6 is 0 Å². The van der Waals surface area contributed by atoms with E-state index in [1.807, 2.05) is 0 Å². The largest absolute Gasteiger partial charge is 0.340 e. The van der Waals surface area contributed by atoms with Crippen molar-refractivity contribution in [3.05, 3.63) is 35.4 Å². The van der Waals surface area contributed by atoms with Crippen molar-refractivity contribution in [1.29, 1.82) is 5.26 Å². The normalized spacial score (nSPS) is 14.2. The molecule has 0 fully saturated rings. The zero-order chi connectivity index (χ0) is 14.8. The van der Waals surface area contributed by atoms with Crippen molar-refractivity contribution in [2.75, 3.05) is 5.32 Å². The van der Waals surface area contributed by atoms with E-state index < -0.39 is 0 Å². The monoisotopic (exact) mass is 281 g/mol. The Morgan fingerprint density at radius 2 is 2.19 bits per heavy atom. The van der Waals surface area contributed by atoms with Crippen molar-refractivity contribution in [1.82, 2.24) is 14.5 Å². The quantitative estimate of drug-likeness (QED) is 0.854. The number of aryl methyl sites for hydroxylation is 2. The highest BCUT2D eigenvalue weighted by Crippen LogP contribution is 2.21. The maximum absolute atomic E-state index is 11.9. The van der Waals surface area contributed by atoms with Crippen molar-refractivity contribution in [3.63, 3.8) is 0 Å². The molecule has 0 aliphatic heterocycles. The zero-order valence-corrected chi connectivity index (χ0v) is 11.8. The highest BCUT2D eigenvalue weighted by Gasteiger charge is 2.18. The molecule has 3 rings (SSSR count). The number of nitrogens with zero attached hydrogens (tertiary/aromatic N) is 4. The maximum atomic E-state index is 11.9. The first-order valence-corrected chi connectivity index (χ1v) is 6.90. The fourth-order valence-electron chi connectivity index (χ4n) is 2.49. The summed E-state index contributed by atoms with van der Waals surface area (Å²) in [4.78, 5) is 20.6. The van der Waals surface area contributed by atoms with E-state index in [0.717, 1.165) is 30.6 Å². The molecule has 2 heterocycles. The Kier molecular flexibility index (Phi) is 3.40. The minimum absolute atomic E-state index is 0.125. The first kappa shape index (κ1) is 13.3. The van der Waals surface area contributed by atoms with Crippen LogP contribution in [0.3, 0.4) is 0 Å². The van der Waals surface area contributed by atoms with E-state index in [1.165, 1.54) is 0 Å². The third kappa shape index (κ3) is 2.63. The van der Waals surface area contributed by atoms with Gasteiger partial charge in [0.2, 0.25) is 5.95 Å². The van der Waals surface area contributed by atoms with Gasteiger partial charge >= 0.3 is 0 Å². The number of hydrogen-bond donors (Lipinski definition) is 1. The fourth-order valence-corrected chi connectivity index (χ4v) is 2.49. The van der Waals surface area contributed by atoms with E-state index in [0.29, 0.717) is 23.6 Å². The van der Waals surface area contributed by atoms with E-state index in [9.17, 15) is 4.79 Å². The Morgan fingerprint density at radius 1 is 1.38 bits per heavy atom. The zero-order valence-electron chi connectivity index (χ0n) is 11.8. The van der Waals surface area contributed by atoms with Crippen LogP contribution in [0.1, 0.15) is 41.0 Å². The minimum atomic E-state index is 0.125. The van der Waals surface area contributed by atoms with Crippen molar-refractivity contribution in [2.24, 2.45) is 7.05 Å². The molecule has 0 radical (unpaired) electrons. The molecule has 0 amide bonds. The van der Waals surface area contributed by atoms with Gasteiger partial charge in [-0.05, 0) is 25.3 Å². The summed E-state index contributed by atoms with van der Waals surface area (Å²) >= 11 is 0. The molecule has 0 unspecified atom stereocenters. The molecule has 1 aliphatic rings. The number of nitrogens with one attached hydrogen (secondary N) is 1. The van der Waals surface area contributed by atoms with Crippen molar-refractivity contribution >= 4 is 17.4 Å². The SMILES string of the molecule is Cn1cc(Nc2ncc3c(n2)CCCCC3=O)cc1C#N. The van der Waals surface area contributed by atoms with Crippen molar-refractivity contribution < 1.29 is 4.79 Å². The summed E-state index contributed by atoms with van der Waals surface area (Å²) in [7, 11) is 1.81. The van der Waals surface area contributed by atoms with E-state index in [-0.39, 0.29) is 5.78 Å². The number of nitriles is 1. The van der Waals surface area contributed by atoms with Gasteiger partial charge in [0.1, 0.15) is 11.8 Å². The maximum Gasteiger partial charge on any atom is 0.227 e. The van der Waals surface area contributed by atoms with E-state index in [2.05, 4.69) is 21.4 Å². The number of carbonyl (C=O) groups excluding carboxylic acids is 1. The second-order valence-corrected chi connectivity index (χ2v) is 5.15. The molecule has 2 aromatic rings. The average Bonchev–Trinajstić information content (AvgIpc) is 2.72. The molecule has 21 heavy (non-hydrogen) atoms. The standard InChI is InChI=1S/C15H15N5O/c1-20-9-10(6-11(20)7-16)18-15-17-8-12-13(19-15)4-2-3-5-14(12)21/h6,8-9H,2-5H2,1H3,(H,17,18,19). The molecular weight excluding hydrogens is 266 g/mol. The predicted octanol–water partition coefficient (Wildman–Crippen LogP) is 2.34. The van der Waals surface area contributed by atoms with Gasteiger partial charge in [0.15, 0.2) is 5.78 Å². The molecule has 0 bridgehead atoms. The fraction of sp³-hybridized carbons (Fsp3) is 0.333. The average molecular weight is 281 g/mol. The lowest BCUT2D eigenvalue weighted by atomic mass is 10.1. The second kappa shape index (κ2) is 5.37. The molecule has 0 saturated carbocycles. The molecule has 0 spiro atoms. The Labute approximate surface area is 122 Å².